The van der Waals surface area contributed by atoms with Crippen molar-refractivity contribution in [3.05, 3.63) is 75.4 Å². The van der Waals surface area contributed by atoms with Gasteiger partial charge in [-0.2, -0.15) is 4.98 Å². The first-order valence-electron chi connectivity index (χ1n) is 11.3. The highest BCUT2D eigenvalue weighted by Gasteiger charge is 2.26. The fourth-order valence-electron chi connectivity index (χ4n) is 4.03. The monoisotopic (exact) mass is 486 g/mol. The molecular formula is C25H28Cl2N4O2. The number of hydrogen-bond donors (Lipinski definition) is 1. The Morgan fingerprint density at radius 3 is 2.58 bits per heavy atom. The van der Waals surface area contributed by atoms with Gasteiger partial charge in [0.15, 0.2) is 5.82 Å². The molecule has 4 rings (SSSR count). The molecule has 8 heteroatoms. The molecule has 1 amide bonds. The first-order valence-corrected chi connectivity index (χ1v) is 12.0. The first-order chi connectivity index (χ1) is 15.9. The van der Waals surface area contributed by atoms with Gasteiger partial charge in [-0.1, -0.05) is 60.4 Å². The summed E-state index contributed by atoms with van der Waals surface area (Å²) in [6, 6.07) is 13.3. The molecule has 0 aliphatic carbocycles. The van der Waals surface area contributed by atoms with Crippen LogP contribution in [0.4, 0.5) is 5.69 Å². The highest BCUT2D eigenvalue weighted by molar-refractivity contribution is 6.35. The molecule has 3 aromatic rings. The number of benzene rings is 2. The number of piperidine rings is 1. The molecule has 2 aromatic carbocycles. The minimum absolute atomic E-state index is 0.0393. The van der Waals surface area contributed by atoms with Crippen LogP contribution < -0.4 is 5.32 Å². The van der Waals surface area contributed by atoms with Gasteiger partial charge in [-0.25, -0.2) is 0 Å². The van der Waals surface area contributed by atoms with Crippen molar-refractivity contribution < 1.29 is 9.32 Å². The van der Waals surface area contributed by atoms with E-state index in [2.05, 4.69) is 20.4 Å². The second kappa shape index (κ2) is 10.7. The van der Waals surface area contributed by atoms with Gasteiger partial charge in [-0.05, 0) is 49.2 Å². The van der Waals surface area contributed by atoms with Crippen molar-refractivity contribution in [1.82, 2.24) is 15.0 Å². The quantitative estimate of drug-likeness (QED) is 0.447. The Morgan fingerprint density at radius 1 is 1.18 bits per heavy atom. The summed E-state index contributed by atoms with van der Waals surface area (Å²) >= 11 is 12.7. The van der Waals surface area contributed by atoms with Gasteiger partial charge in [0.25, 0.3) is 0 Å². The molecule has 1 aliphatic rings. The minimum atomic E-state index is -0.0755. The molecule has 0 radical (unpaired) electrons. The summed E-state index contributed by atoms with van der Waals surface area (Å²) in [4.78, 5) is 19.6. The fourth-order valence-corrected chi connectivity index (χ4v) is 4.54. The Hall–Kier alpha value is -2.41. The van der Waals surface area contributed by atoms with Gasteiger partial charge < -0.3 is 9.84 Å². The molecule has 1 aromatic heterocycles. The Balaban J connectivity index is 1.32. The van der Waals surface area contributed by atoms with Crippen LogP contribution in [0.1, 0.15) is 55.4 Å². The van der Waals surface area contributed by atoms with E-state index in [0.29, 0.717) is 41.3 Å². The lowest BCUT2D eigenvalue weighted by Gasteiger charge is -2.32. The van der Waals surface area contributed by atoms with Gasteiger partial charge in [0.05, 0.1) is 5.92 Å². The lowest BCUT2D eigenvalue weighted by atomic mass is 9.96. The molecule has 2 heterocycles. The average molecular weight is 487 g/mol. The molecule has 1 fully saturated rings. The van der Waals surface area contributed by atoms with Crippen molar-refractivity contribution in [3.8, 4) is 0 Å². The predicted molar refractivity (Wildman–Crippen MR) is 131 cm³/mol. The number of likely N-dealkylation sites (tertiary alicyclic amines) is 1. The fraction of sp³-hybridized carbons (Fsp3) is 0.400. The lowest BCUT2D eigenvalue weighted by Crippen LogP contribution is -2.40. The highest BCUT2D eigenvalue weighted by Crippen LogP contribution is 2.28. The van der Waals surface area contributed by atoms with Gasteiger partial charge in [0.1, 0.15) is 0 Å². The molecule has 0 saturated carbocycles. The zero-order valence-electron chi connectivity index (χ0n) is 18.9. The molecule has 33 heavy (non-hydrogen) atoms. The van der Waals surface area contributed by atoms with E-state index in [-0.39, 0.29) is 17.7 Å². The number of anilines is 1. The molecule has 1 saturated heterocycles. The molecule has 0 bridgehead atoms. The Kier molecular flexibility index (Phi) is 7.68. The number of carbonyl (C=O) groups excluding carboxylic acids is 1. The van der Waals surface area contributed by atoms with E-state index in [9.17, 15) is 4.79 Å². The number of nitrogens with zero attached hydrogens (tertiary/aromatic N) is 3. The van der Waals surface area contributed by atoms with E-state index in [1.807, 2.05) is 56.3 Å². The number of nitrogens with one attached hydrogen (secondary N) is 1. The summed E-state index contributed by atoms with van der Waals surface area (Å²) in [6.45, 7) is 6.29. The van der Waals surface area contributed by atoms with Crippen molar-refractivity contribution in [2.75, 3.05) is 18.4 Å². The van der Waals surface area contributed by atoms with E-state index in [0.717, 1.165) is 36.2 Å². The van der Waals surface area contributed by atoms with E-state index in [1.165, 1.54) is 0 Å². The van der Waals surface area contributed by atoms with Gasteiger partial charge in [-0.15, -0.1) is 0 Å². The Morgan fingerprint density at radius 2 is 1.91 bits per heavy atom. The van der Waals surface area contributed by atoms with Gasteiger partial charge in [0.2, 0.25) is 11.8 Å². The number of amides is 1. The van der Waals surface area contributed by atoms with Crippen molar-refractivity contribution in [2.45, 2.75) is 45.6 Å². The number of carbonyl (C=O) groups is 1. The van der Waals surface area contributed by atoms with Crippen LogP contribution in [0.25, 0.3) is 0 Å². The normalized spacial score (nSPS) is 16.8. The molecule has 0 spiro atoms. The maximum Gasteiger partial charge on any atom is 0.229 e. The van der Waals surface area contributed by atoms with Gasteiger partial charge >= 0.3 is 0 Å². The van der Waals surface area contributed by atoms with Gasteiger partial charge in [0, 0.05) is 46.7 Å². The van der Waals surface area contributed by atoms with Crippen molar-refractivity contribution in [1.29, 1.82) is 0 Å². The molecular weight excluding hydrogens is 459 g/mol. The average Bonchev–Trinajstić information content (AvgIpc) is 3.27. The maximum atomic E-state index is 12.9. The van der Waals surface area contributed by atoms with Crippen LogP contribution in [-0.4, -0.2) is 34.0 Å². The Bertz CT molecular complexity index is 1080. The summed E-state index contributed by atoms with van der Waals surface area (Å²) < 4.78 is 5.26. The van der Waals surface area contributed by atoms with Crippen molar-refractivity contribution >= 4 is 34.8 Å². The number of hydrogen-bond acceptors (Lipinski definition) is 5. The topological polar surface area (TPSA) is 71.3 Å². The highest BCUT2D eigenvalue weighted by atomic mass is 35.5. The van der Waals surface area contributed by atoms with E-state index >= 15 is 0 Å². The van der Waals surface area contributed by atoms with Crippen LogP contribution in [0.3, 0.4) is 0 Å². The van der Waals surface area contributed by atoms with Crippen LogP contribution in [0, 0.1) is 5.92 Å². The third-order valence-corrected chi connectivity index (χ3v) is 6.59. The van der Waals surface area contributed by atoms with Crippen LogP contribution in [-0.2, 0) is 17.8 Å². The van der Waals surface area contributed by atoms with Gasteiger partial charge in [-0.3, -0.25) is 9.69 Å². The molecule has 1 N–H and O–H groups in total. The van der Waals surface area contributed by atoms with Crippen molar-refractivity contribution in [3.63, 3.8) is 0 Å². The summed E-state index contributed by atoms with van der Waals surface area (Å²) in [5, 5.41) is 8.42. The third kappa shape index (κ3) is 6.14. The predicted octanol–water partition coefficient (Wildman–Crippen LogP) is 5.94. The summed E-state index contributed by atoms with van der Waals surface area (Å²) in [5.41, 5.74) is 2.76. The lowest BCUT2D eigenvalue weighted by molar-refractivity contribution is -0.121. The Labute approximate surface area is 204 Å². The number of halogens is 2. The second-order valence-electron chi connectivity index (χ2n) is 8.84. The first kappa shape index (κ1) is 23.7. The van der Waals surface area contributed by atoms with Crippen molar-refractivity contribution in [2.24, 2.45) is 5.92 Å². The van der Waals surface area contributed by atoms with Crippen LogP contribution >= 0.6 is 23.2 Å². The molecule has 6 nitrogen and oxygen atoms in total. The standard InChI is InChI=1S/C25H28Cl2N4O2/c1-16(2)25-29-23(30-33-25)13-17-8-10-19(11-9-17)28-24(32)18-5-4-12-31(14-18)15-20-21(26)6-3-7-22(20)27/h3,6-11,16,18H,4-5,12-15H2,1-2H3,(H,28,32). The van der Waals surface area contributed by atoms with E-state index in [1.54, 1.807) is 0 Å². The molecule has 174 valence electrons. The summed E-state index contributed by atoms with van der Waals surface area (Å²) in [7, 11) is 0. The smallest absolute Gasteiger partial charge is 0.229 e. The zero-order chi connectivity index (χ0) is 23.4. The minimum Gasteiger partial charge on any atom is -0.339 e. The van der Waals surface area contributed by atoms with Crippen LogP contribution in [0.5, 0.6) is 0 Å². The molecule has 1 atom stereocenters. The zero-order valence-corrected chi connectivity index (χ0v) is 20.4. The second-order valence-corrected chi connectivity index (χ2v) is 9.66. The maximum absolute atomic E-state index is 12.9. The van der Waals surface area contributed by atoms with Crippen LogP contribution in [0.15, 0.2) is 47.0 Å². The largest absolute Gasteiger partial charge is 0.339 e. The van der Waals surface area contributed by atoms with Crippen LogP contribution in [0.2, 0.25) is 10.0 Å². The summed E-state index contributed by atoms with van der Waals surface area (Å²) in [5.74, 6) is 1.48. The number of aromatic nitrogens is 2. The summed E-state index contributed by atoms with van der Waals surface area (Å²) in [6.07, 6.45) is 2.42. The number of rotatable bonds is 7. The van der Waals surface area contributed by atoms with E-state index < -0.39 is 0 Å². The molecule has 1 aliphatic heterocycles. The van der Waals surface area contributed by atoms with E-state index in [4.69, 9.17) is 27.7 Å². The third-order valence-electron chi connectivity index (χ3n) is 5.88. The molecule has 1 unspecified atom stereocenters. The SMILES string of the molecule is CC(C)c1nc(Cc2ccc(NC(=O)C3CCCN(Cc4c(Cl)cccc4Cl)C3)cc2)no1.